The summed E-state index contributed by atoms with van der Waals surface area (Å²) in [6.45, 7) is 5.83. The van der Waals surface area contributed by atoms with Crippen molar-refractivity contribution in [2.45, 2.75) is 52.0 Å². The van der Waals surface area contributed by atoms with Crippen LogP contribution in [0.1, 0.15) is 43.3 Å². The van der Waals surface area contributed by atoms with E-state index in [4.69, 9.17) is 5.73 Å². The zero-order chi connectivity index (χ0) is 14.5. The molecule has 0 aromatic carbocycles. The summed E-state index contributed by atoms with van der Waals surface area (Å²) in [5.41, 5.74) is 7.05. The minimum Gasteiger partial charge on any atom is -0.343 e. The van der Waals surface area contributed by atoms with Gasteiger partial charge in [-0.15, -0.1) is 36.2 Å². The molecule has 1 aliphatic heterocycles. The van der Waals surface area contributed by atoms with E-state index in [0.717, 1.165) is 49.5 Å². The summed E-state index contributed by atoms with van der Waals surface area (Å²) in [5.74, 6) is 0.872. The van der Waals surface area contributed by atoms with Crippen molar-refractivity contribution in [2.75, 3.05) is 13.1 Å². The average molecular weight is 368 g/mol. The SMILES string of the molecule is Cc1nc(CCCC(=O)N2CCC(C(C)N)CC2)cs1.Cl.Cl. The molecule has 1 aromatic rings. The van der Waals surface area contributed by atoms with Crippen molar-refractivity contribution in [3.63, 3.8) is 0 Å². The molecule has 0 radical (unpaired) electrons. The standard InChI is InChI=1S/C15H25N3OS.2ClH/c1-11(16)13-6-8-18(9-7-13)15(19)5-3-4-14-10-20-12(2)17-14;;/h10-11,13H,3-9,16H2,1-2H3;2*1H. The van der Waals surface area contributed by atoms with Gasteiger partial charge in [-0.05, 0) is 45.4 Å². The first-order valence-electron chi connectivity index (χ1n) is 7.50. The Labute approximate surface area is 149 Å². The van der Waals surface area contributed by atoms with Crippen LogP contribution < -0.4 is 5.73 Å². The van der Waals surface area contributed by atoms with Crippen LogP contribution in [-0.4, -0.2) is 34.9 Å². The molecule has 1 saturated heterocycles. The van der Waals surface area contributed by atoms with Crippen LogP contribution in [-0.2, 0) is 11.2 Å². The Bertz CT molecular complexity index is 446. The van der Waals surface area contributed by atoms with Crippen LogP contribution in [0.4, 0.5) is 0 Å². The number of aromatic nitrogens is 1. The number of hydrogen-bond acceptors (Lipinski definition) is 4. The maximum absolute atomic E-state index is 12.1. The Morgan fingerprint density at radius 2 is 2.09 bits per heavy atom. The highest BCUT2D eigenvalue weighted by molar-refractivity contribution is 7.09. The van der Waals surface area contributed by atoms with Crippen LogP contribution in [0.2, 0.25) is 0 Å². The van der Waals surface area contributed by atoms with Crippen LogP contribution in [0.15, 0.2) is 5.38 Å². The van der Waals surface area contributed by atoms with Gasteiger partial charge in [-0.2, -0.15) is 0 Å². The lowest BCUT2D eigenvalue weighted by atomic mass is 9.91. The van der Waals surface area contributed by atoms with E-state index in [-0.39, 0.29) is 30.9 Å². The van der Waals surface area contributed by atoms with Gasteiger partial charge in [-0.25, -0.2) is 4.98 Å². The number of aryl methyl sites for hydroxylation is 2. The van der Waals surface area contributed by atoms with Crippen molar-refractivity contribution in [3.8, 4) is 0 Å². The van der Waals surface area contributed by atoms with Crippen molar-refractivity contribution < 1.29 is 4.79 Å². The van der Waals surface area contributed by atoms with Crippen molar-refractivity contribution in [1.29, 1.82) is 0 Å². The zero-order valence-electron chi connectivity index (χ0n) is 13.3. The molecule has 2 N–H and O–H groups in total. The minimum absolute atomic E-state index is 0. The van der Waals surface area contributed by atoms with Crippen molar-refractivity contribution >= 4 is 42.1 Å². The van der Waals surface area contributed by atoms with E-state index in [2.05, 4.69) is 17.3 Å². The van der Waals surface area contributed by atoms with Gasteiger partial charge in [-0.3, -0.25) is 4.79 Å². The second-order valence-electron chi connectivity index (χ2n) is 5.79. The van der Waals surface area contributed by atoms with Crippen LogP contribution in [0.25, 0.3) is 0 Å². The molecule has 1 aliphatic rings. The Morgan fingerprint density at radius 3 is 2.59 bits per heavy atom. The normalized spacial score (nSPS) is 16.6. The minimum atomic E-state index is 0. The number of thiazole rings is 1. The molecule has 1 atom stereocenters. The number of amides is 1. The Balaban J connectivity index is 0.00000220. The predicted octanol–water partition coefficient (Wildman–Crippen LogP) is 3.20. The number of carbonyl (C=O) groups is 1. The molecule has 1 aromatic heterocycles. The van der Waals surface area contributed by atoms with Gasteiger partial charge in [0.05, 0.1) is 10.7 Å². The van der Waals surface area contributed by atoms with Gasteiger partial charge >= 0.3 is 0 Å². The Morgan fingerprint density at radius 1 is 1.45 bits per heavy atom. The predicted molar refractivity (Wildman–Crippen MR) is 97.2 cm³/mol. The molecule has 2 heterocycles. The van der Waals surface area contributed by atoms with Gasteiger partial charge in [0.25, 0.3) is 0 Å². The molecule has 1 fully saturated rings. The van der Waals surface area contributed by atoms with Gasteiger partial charge < -0.3 is 10.6 Å². The third kappa shape index (κ3) is 6.41. The van der Waals surface area contributed by atoms with Gasteiger partial charge in [0.2, 0.25) is 5.91 Å². The van der Waals surface area contributed by atoms with Gasteiger partial charge in [0.1, 0.15) is 0 Å². The quantitative estimate of drug-likeness (QED) is 0.868. The summed E-state index contributed by atoms with van der Waals surface area (Å²) in [7, 11) is 0. The van der Waals surface area contributed by atoms with E-state index < -0.39 is 0 Å². The summed E-state index contributed by atoms with van der Waals surface area (Å²) >= 11 is 1.68. The van der Waals surface area contributed by atoms with Crippen LogP contribution in [0.5, 0.6) is 0 Å². The lowest BCUT2D eigenvalue weighted by Gasteiger charge is -2.33. The number of rotatable bonds is 5. The number of halogens is 2. The molecule has 0 saturated carbocycles. The van der Waals surface area contributed by atoms with Crippen molar-refractivity contribution in [2.24, 2.45) is 11.7 Å². The second kappa shape index (κ2) is 10.4. The highest BCUT2D eigenvalue weighted by Crippen LogP contribution is 2.20. The van der Waals surface area contributed by atoms with Crippen LogP contribution >= 0.6 is 36.2 Å². The Kier molecular flexibility index (Phi) is 10.3. The molecular weight excluding hydrogens is 341 g/mol. The first-order chi connectivity index (χ1) is 9.56. The fraction of sp³-hybridized carbons (Fsp3) is 0.733. The lowest BCUT2D eigenvalue weighted by Crippen LogP contribution is -2.42. The van der Waals surface area contributed by atoms with Crippen LogP contribution in [0, 0.1) is 12.8 Å². The van der Waals surface area contributed by atoms with E-state index in [1.54, 1.807) is 11.3 Å². The number of carbonyl (C=O) groups excluding carboxylic acids is 1. The number of nitrogens with zero attached hydrogens (tertiary/aromatic N) is 2. The molecule has 1 amide bonds. The van der Waals surface area contributed by atoms with Gasteiger partial charge in [0, 0.05) is 30.9 Å². The average Bonchev–Trinajstić information content (AvgIpc) is 2.84. The van der Waals surface area contributed by atoms with E-state index in [0.29, 0.717) is 18.2 Å². The summed E-state index contributed by atoms with van der Waals surface area (Å²) < 4.78 is 0. The zero-order valence-corrected chi connectivity index (χ0v) is 15.7. The molecule has 1 unspecified atom stereocenters. The fourth-order valence-electron chi connectivity index (χ4n) is 2.78. The Hall–Kier alpha value is -0.360. The highest BCUT2D eigenvalue weighted by Gasteiger charge is 2.24. The smallest absolute Gasteiger partial charge is 0.222 e. The highest BCUT2D eigenvalue weighted by atomic mass is 35.5. The molecule has 22 heavy (non-hydrogen) atoms. The van der Waals surface area contributed by atoms with E-state index in [9.17, 15) is 4.79 Å². The maximum atomic E-state index is 12.1. The first kappa shape index (κ1) is 21.6. The summed E-state index contributed by atoms with van der Waals surface area (Å²) in [6.07, 6.45) is 4.55. The third-order valence-electron chi connectivity index (χ3n) is 4.13. The topological polar surface area (TPSA) is 59.2 Å². The van der Waals surface area contributed by atoms with E-state index in [1.807, 2.05) is 11.8 Å². The van der Waals surface area contributed by atoms with Crippen molar-refractivity contribution in [1.82, 2.24) is 9.88 Å². The van der Waals surface area contributed by atoms with Gasteiger partial charge in [0.15, 0.2) is 0 Å². The number of piperidine rings is 1. The number of likely N-dealkylation sites (tertiary alicyclic amines) is 1. The summed E-state index contributed by atoms with van der Waals surface area (Å²) in [6, 6.07) is 0.250. The summed E-state index contributed by atoms with van der Waals surface area (Å²) in [4.78, 5) is 18.6. The molecule has 2 rings (SSSR count). The molecule has 128 valence electrons. The largest absolute Gasteiger partial charge is 0.343 e. The van der Waals surface area contributed by atoms with Crippen molar-refractivity contribution in [3.05, 3.63) is 16.1 Å². The molecule has 0 spiro atoms. The third-order valence-corrected chi connectivity index (χ3v) is 4.95. The second-order valence-corrected chi connectivity index (χ2v) is 6.85. The molecule has 0 aliphatic carbocycles. The van der Waals surface area contributed by atoms with E-state index >= 15 is 0 Å². The van der Waals surface area contributed by atoms with Gasteiger partial charge in [-0.1, -0.05) is 0 Å². The lowest BCUT2D eigenvalue weighted by molar-refractivity contribution is -0.132. The molecular formula is C15H27Cl2N3OS. The number of nitrogens with two attached hydrogens (primary N) is 1. The fourth-order valence-corrected chi connectivity index (χ4v) is 3.42. The van der Waals surface area contributed by atoms with Crippen LogP contribution in [0.3, 0.4) is 0 Å². The monoisotopic (exact) mass is 367 g/mol. The summed E-state index contributed by atoms with van der Waals surface area (Å²) in [5, 5.41) is 3.19. The first-order valence-corrected chi connectivity index (χ1v) is 8.38. The van der Waals surface area contributed by atoms with E-state index in [1.165, 1.54) is 0 Å². The maximum Gasteiger partial charge on any atom is 0.222 e. The molecule has 4 nitrogen and oxygen atoms in total. The molecule has 0 bridgehead atoms. The molecule has 7 heteroatoms. The number of hydrogen-bond donors (Lipinski definition) is 1.